The van der Waals surface area contributed by atoms with E-state index in [0.29, 0.717) is 10.2 Å². The van der Waals surface area contributed by atoms with Crippen LogP contribution in [0.5, 0.6) is 5.75 Å². The molecule has 4 heteroatoms. The summed E-state index contributed by atoms with van der Waals surface area (Å²) in [5.74, 6) is 0.309. The zero-order valence-corrected chi connectivity index (χ0v) is 12.9. The SMILES string of the molecule is Cc1ccc(OCc2cc(F)cc(Br)c2)c([C@H](C)O)c1. The van der Waals surface area contributed by atoms with Gasteiger partial charge in [0.15, 0.2) is 0 Å². The van der Waals surface area contributed by atoms with Gasteiger partial charge in [-0.25, -0.2) is 4.39 Å². The molecule has 2 nitrogen and oxygen atoms in total. The van der Waals surface area contributed by atoms with E-state index in [-0.39, 0.29) is 12.4 Å². The third kappa shape index (κ3) is 3.81. The average Bonchev–Trinajstić information content (AvgIpc) is 2.36. The molecular weight excluding hydrogens is 323 g/mol. The molecule has 0 aliphatic heterocycles. The predicted octanol–water partition coefficient (Wildman–Crippen LogP) is 4.53. The molecule has 20 heavy (non-hydrogen) atoms. The molecule has 0 aliphatic rings. The van der Waals surface area contributed by atoms with Crippen LogP contribution in [0.4, 0.5) is 4.39 Å². The molecule has 0 aliphatic carbocycles. The molecule has 0 heterocycles. The van der Waals surface area contributed by atoms with Gasteiger partial charge in [0, 0.05) is 10.0 Å². The van der Waals surface area contributed by atoms with Gasteiger partial charge in [0.25, 0.3) is 0 Å². The second-order valence-corrected chi connectivity index (χ2v) is 5.70. The number of aliphatic hydroxyl groups excluding tert-OH is 1. The van der Waals surface area contributed by atoms with Gasteiger partial charge in [-0.05, 0) is 49.7 Å². The monoisotopic (exact) mass is 338 g/mol. The Hall–Kier alpha value is -1.39. The maximum atomic E-state index is 13.3. The minimum absolute atomic E-state index is 0.249. The number of hydrogen-bond donors (Lipinski definition) is 1. The number of aryl methyl sites for hydroxylation is 1. The van der Waals surface area contributed by atoms with Crippen molar-refractivity contribution >= 4 is 15.9 Å². The molecule has 0 fully saturated rings. The zero-order chi connectivity index (χ0) is 14.7. The molecule has 0 unspecified atom stereocenters. The van der Waals surface area contributed by atoms with Gasteiger partial charge in [0.2, 0.25) is 0 Å². The van der Waals surface area contributed by atoms with Crippen LogP contribution in [0.1, 0.15) is 29.7 Å². The van der Waals surface area contributed by atoms with Crippen LogP contribution in [-0.2, 0) is 6.61 Å². The van der Waals surface area contributed by atoms with Gasteiger partial charge >= 0.3 is 0 Å². The molecule has 0 amide bonds. The Morgan fingerprint density at radius 1 is 1.25 bits per heavy atom. The smallest absolute Gasteiger partial charge is 0.125 e. The molecule has 106 valence electrons. The quantitative estimate of drug-likeness (QED) is 0.887. The number of ether oxygens (including phenoxy) is 1. The topological polar surface area (TPSA) is 29.5 Å². The van der Waals surface area contributed by atoms with Crippen molar-refractivity contribution in [1.29, 1.82) is 0 Å². The fourth-order valence-corrected chi connectivity index (χ4v) is 2.49. The fraction of sp³-hybridized carbons (Fsp3) is 0.250. The predicted molar refractivity (Wildman–Crippen MR) is 80.2 cm³/mol. The first-order valence-corrected chi connectivity index (χ1v) is 7.11. The Balaban J connectivity index is 2.18. The highest BCUT2D eigenvalue weighted by Gasteiger charge is 2.10. The molecule has 0 aromatic heterocycles. The Kier molecular flexibility index (Phi) is 4.78. The summed E-state index contributed by atoms with van der Waals surface area (Å²) in [6.07, 6.45) is -0.607. The third-order valence-corrected chi connectivity index (χ3v) is 3.39. The summed E-state index contributed by atoms with van der Waals surface area (Å²) in [7, 11) is 0. The molecule has 1 atom stereocenters. The maximum Gasteiger partial charge on any atom is 0.125 e. The van der Waals surface area contributed by atoms with E-state index in [9.17, 15) is 9.50 Å². The maximum absolute atomic E-state index is 13.3. The lowest BCUT2D eigenvalue weighted by atomic mass is 10.1. The van der Waals surface area contributed by atoms with Crippen molar-refractivity contribution in [3.05, 3.63) is 63.4 Å². The van der Waals surface area contributed by atoms with E-state index in [1.54, 1.807) is 13.0 Å². The van der Waals surface area contributed by atoms with Crippen LogP contribution in [0, 0.1) is 12.7 Å². The molecule has 2 rings (SSSR count). The van der Waals surface area contributed by atoms with Crippen LogP contribution in [0.2, 0.25) is 0 Å². The molecule has 1 N–H and O–H groups in total. The first-order valence-electron chi connectivity index (χ1n) is 6.32. The molecule has 0 saturated carbocycles. The number of halogens is 2. The normalized spacial score (nSPS) is 12.2. The molecule has 0 spiro atoms. The number of benzene rings is 2. The van der Waals surface area contributed by atoms with Crippen molar-refractivity contribution in [2.45, 2.75) is 26.6 Å². The average molecular weight is 339 g/mol. The number of hydrogen-bond acceptors (Lipinski definition) is 2. The second-order valence-electron chi connectivity index (χ2n) is 4.78. The highest BCUT2D eigenvalue weighted by molar-refractivity contribution is 9.10. The zero-order valence-electron chi connectivity index (χ0n) is 11.4. The van der Waals surface area contributed by atoms with E-state index >= 15 is 0 Å². The van der Waals surface area contributed by atoms with E-state index in [1.165, 1.54) is 12.1 Å². The van der Waals surface area contributed by atoms with Crippen molar-refractivity contribution < 1.29 is 14.2 Å². The third-order valence-electron chi connectivity index (χ3n) is 2.93. The first kappa shape index (κ1) is 15.0. The summed E-state index contributed by atoms with van der Waals surface area (Å²) >= 11 is 3.25. The summed E-state index contributed by atoms with van der Waals surface area (Å²) in [6.45, 7) is 3.90. The minimum Gasteiger partial charge on any atom is -0.489 e. The molecular formula is C16H16BrFO2. The van der Waals surface area contributed by atoms with Gasteiger partial charge in [-0.15, -0.1) is 0 Å². The molecule has 2 aromatic rings. The van der Waals surface area contributed by atoms with Gasteiger partial charge in [-0.3, -0.25) is 0 Å². The number of rotatable bonds is 4. The standard InChI is InChI=1S/C16H16BrFO2/c1-10-3-4-16(15(5-10)11(2)19)20-9-12-6-13(17)8-14(18)7-12/h3-8,11,19H,9H2,1-2H3/t11-/m0/s1. The van der Waals surface area contributed by atoms with Crippen LogP contribution >= 0.6 is 15.9 Å². The minimum atomic E-state index is -0.607. The van der Waals surface area contributed by atoms with E-state index in [2.05, 4.69) is 15.9 Å². The van der Waals surface area contributed by atoms with Gasteiger partial charge in [0.05, 0.1) is 6.10 Å². The lowest BCUT2D eigenvalue weighted by molar-refractivity contribution is 0.190. The van der Waals surface area contributed by atoms with Gasteiger partial charge in [-0.1, -0.05) is 27.6 Å². The van der Waals surface area contributed by atoms with Crippen LogP contribution in [0.25, 0.3) is 0 Å². The van der Waals surface area contributed by atoms with Gasteiger partial charge in [-0.2, -0.15) is 0 Å². The van der Waals surface area contributed by atoms with E-state index in [0.717, 1.165) is 16.7 Å². The van der Waals surface area contributed by atoms with Gasteiger partial charge in [0.1, 0.15) is 18.2 Å². The fourth-order valence-electron chi connectivity index (χ4n) is 1.98. The van der Waals surface area contributed by atoms with Crippen molar-refractivity contribution in [2.75, 3.05) is 0 Å². The Morgan fingerprint density at radius 3 is 2.65 bits per heavy atom. The van der Waals surface area contributed by atoms with Gasteiger partial charge < -0.3 is 9.84 Å². The van der Waals surface area contributed by atoms with E-state index in [1.807, 2.05) is 25.1 Å². The molecule has 0 bridgehead atoms. The van der Waals surface area contributed by atoms with Crippen LogP contribution in [0.3, 0.4) is 0 Å². The summed E-state index contributed by atoms with van der Waals surface area (Å²) in [5, 5.41) is 9.77. The van der Waals surface area contributed by atoms with Crippen molar-refractivity contribution in [3.63, 3.8) is 0 Å². The van der Waals surface area contributed by atoms with Crippen LogP contribution in [-0.4, -0.2) is 5.11 Å². The lowest BCUT2D eigenvalue weighted by Gasteiger charge is -2.14. The second kappa shape index (κ2) is 6.37. The summed E-state index contributed by atoms with van der Waals surface area (Å²) in [6, 6.07) is 10.3. The summed E-state index contributed by atoms with van der Waals surface area (Å²) in [5.41, 5.74) is 2.52. The largest absolute Gasteiger partial charge is 0.489 e. The molecule has 0 saturated heterocycles. The summed E-state index contributed by atoms with van der Waals surface area (Å²) in [4.78, 5) is 0. The molecule has 2 aromatic carbocycles. The Labute approximate surface area is 126 Å². The van der Waals surface area contributed by atoms with E-state index < -0.39 is 6.10 Å². The Bertz CT molecular complexity index is 591. The van der Waals surface area contributed by atoms with Crippen molar-refractivity contribution in [3.8, 4) is 5.75 Å². The van der Waals surface area contributed by atoms with Crippen LogP contribution in [0.15, 0.2) is 40.9 Å². The lowest BCUT2D eigenvalue weighted by Crippen LogP contribution is -2.02. The summed E-state index contributed by atoms with van der Waals surface area (Å²) < 4.78 is 19.7. The highest BCUT2D eigenvalue weighted by Crippen LogP contribution is 2.27. The number of aliphatic hydroxyl groups is 1. The molecule has 0 radical (unpaired) electrons. The van der Waals surface area contributed by atoms with E-state index in [4.69, 9.17) is 4.74 Å². The highest BCUT2D eigenvalue weighted by atomic mass is 79.9. The van der Waals surface area contributed by atoms with Crippen molar-refractivity contribution in [1.82, 2.24) is 0 Å². The Morgan fingerprint density at radius 2 is 2.00 bits per heavy atom. The van der Waals surface area contributed by atoms with Crippen LogP contribution < -0.4 is 4.74 Å². The van der Waals surface area contributed by atoms with Crippen molar-refractivity contribution in [2.24, 2.45) is 0 Å². The first-order chi connectivity index (χ1) is 9.45.